The molecular formula is C35H22Cl6N6O4. The van der Waals surface area contributed by atoms with Crippen LogP contribution in [0, 0.1) is 0 Å². The van der Waals surface area contributed by atoms with Crippen molar-refractivity contribution in [3.8, 4) is 11.6 Å². The number of aliphatic hydroxyl groups excluding tert-OH is 1. The van der Waals surface area contributed by atoms with E-state index in [9.17, 15) is 19.8 Å². The van der Waals surface area contributed by atoms with Crippen LogP contribution in [0.4, 0.5) is 11.5 Å². The zero-order valence-corrected chi connectivity index (χ0v) is 30.2. The van der Waals surface area contributed by atoms with Gasteiger partial charge < -0.3 is 20.8 Å². The number of aromatic nitrogens is 2. The highest BCUT2D eigenvalue weighted by molar-refractivity contribution is 6.44. The standard InChI is InChI=1S/C35H22Cl6N6O4/c36-20-14-24(38)28(25(39)15-20)46-34(50)22(30(44-46)42-32(48)18-8-3-1-4-9-18)12-7-13-23-31(43-33(49)19-10-5-2-6-11-19)45-47(35(23)51)29-26(40)16-21(37)17-27(29)41/h1-17,32,48,50H,(H,42,44)(H,43,45,49)/b12-7+,23-13-. The largest absolute Gasteiger partial charge is 0.493 e. The van der Waals surface area contributed by atoms with Crippen LogP contribution >= 0.6 is 69.6 Å². The van der Waals surface area contributed by atoms with E-state index in [0.717, 1.165) is 9.69 Å². The van der Waals surface area contributed by atoms with Crippen molar-refractivity contribution in [2.24, 2.45) is 5.10 Å². The van der Waals surface area contributed by atoms with Gasteiger partial charge >= 0.3 is 0 Å². The predicted molar refractivity (Wildman–Crippen MR) is 203 cm³/mol. The Morgan fingerprint density at radius 1 is 0.804 bits per heavy atom. The lowest BCUT2D eigenvalue weighted by Gasteiger charge is -2.15. The van der Waals surface area contributed by atoms with Crippen molar-refractivity contribution in [2.45, 2.75) is 6.23 Å². The van der Waals surface area contributed by atoms with Crippen LogP contribution in [0.25, 0.3) is 11.8 Å². The SMILES string of the molecule is O=C(NC1=NN(c2c(Cl)cc(Cl)cc2Cl)C(=O)/C1=C\C=C\c1c(NC(O)c2ccccc2)nn(-c2c(Cl)cc(Cl)cc2Cl)c1O)c1ccccc1. The maximum Gasteiger partial charge on any atom is 0.282 e. The predicted octanol–water partition coefficient (Wildman–Crippen LogP) is 9.33. The summed E-state index contributed by atoms with van der Waals surface area (Å²) in [6.45, 7) is 0. The Kier molecular flexibility index (Phi) is 10.9. The Morgan fingerprint density at radius 3 is 1.94 bits per heavy atom. The third-order valence-electron chi connectivity index (χ3n) is 7.34. The van der Waals surface area contributed by atoms with Gasteiger partial charge in [0.25, 0.3) is 11.8 Å². The number of nitrogens with one attached hydrogen (secondary N) is 2. The maximum absolute atomic E-state index is 13.9. The smallest absolute Gasteiger partial charge is 0.282 e. The molecule has 2 amide bonds. The number of allylic oxidation sites excluding steroid dienone is 2. The van der Waals surface area contributed by atoms with Gasteiger partial charge in [-0.05, 0) is 48.6 Å². The second-order valence-electron chi connectivity index (χ2n) is 10.7. The van der Waals surface area contributed by atoms with Crippen LogP contribution in [-0.4, -0.2) is 37.6 Å². The minimum Gasteiger partial charge on any atom is -0.493 e. The number of anilines is 2. The lowest BCUT2D eigenvalue weighted by molar-refractivity contribution is -0.114. The van der Waals surface area contributed by atoms with Crippen LogP contribution < -0.4 is 15.6 Å². The van der Waals surface area contributed by atoms with Crippen LogP contribution in [0.1, 0.15) is 27.7 Å². The Hall–Kier alpha value is -4.52. The summed E-state index contributed by atoms with van der Waals surface area (Å²) in [5.74, 6) is -1.75. The molecule has 0 spiro atoms. The fraction of sp³-hybridized carbons (Fsp3) is 0.0286. The lowest BCUT2D eigenvalue weighted by Crippen LogP contribution is -2.31. The highest BCUT2D eigenvalue weighted by atomic mass is 35.5. The third kappa shape index (κ3) is 7.73. The van der Waals surface area contributed by atoms with Crippen LogP contribution in [-0.2, 0) is 4.79 Å². The number of aromatic hydroxyl groups is 1. The van der Waals surface area contributed by atoms with Crippen molar-refractivity contribution in [3.05, 3.63) is 149 Å². The van der Waals surface area contributed by atoms with Crippen molar-refractivity contribution in [3.63, 3.8) is 0 Å². The highest BCUT2D eigenvalue weighted by Gasteiger charge is 2.35. The summed E-state index contributed by atoms with van der Waals surface area (Å²) < 4.78 is 1.08. The molecule has 258 valence electrons. The Labute approximate surface area is 320 Å². The molecule has 0 radical (unpaired) electrons. The Balaban J connectivity index is 1.42. The number of carbonyl (C=O) groups is 2. The molecule has 6 rings (SSSR count). The monoisotopic (exact) mass is 800 g/mol. The molecule has 5 aromatic rings. The van der Waals surface area contributed by atoms with Gasteiger partial charge in [0, 0.05) is 21.2 Å². The molecule has 1 unspecified atom stereocenters. The summed E-state index contributed by atoms with van der Waals surface area (Å²) in [5.41, 5.74) is 0.995. The first-order valence-electron chi connectivity index (χ1n) is 14.7. The van der Waals surface area contributed by atoms with E-state index in [4.69, 9.17) is 69.6 Å². The fourth-order valence-corrected chi connectivity index (χ4v) is 6.93. The number of hydrogen-bond donors (Lipinski definition) is 4. The lowest BCUT2D eigenvalue weighted by atomic mass is 10.1. The molecule has 0 saturated carbocycles. The quantitative estimate of drug-likeness (QED) is 0.0914. The van der Waals surface area contributed by atoms with Gasteiger partial charge in [-0.3, -0.25) is 9.59 Å². The van der Waals surface area contributed by atoms with Crippen molar-refractivity contribution in [1.29, 1.82) is 0 Å². The number of benzene rings is 4. The fourth-order valence-electron chi connectivity index (χ4n) is 4.98. The molecule has 0 saturated heterocycles. The number of carbonyl (C=O) groups excluding carboxylic acids is 2. The summed E-state index contributed by atoms with van der Waals surface area (Å²) in [6.07, 6.45) is 2.94. The molecule has 1 aliphatic rings. The van der Waals surface area contributed by atoms with Crippen molar-refractivity contribution in [1.82, 2.24) is 15.1 Å². The van der Waals surface area contributed by atoms with E-state index in [1.807, 2.05) is 0 Å². The number of rotatable bonds is 8. The van der Waals surface area contributed by atoms with Gasteiger partial charge in [0.1, 0.15) is 11.4 Å². The van der Waals surface area contributed by atoms with E-state index in [2.05, 4.69) is 20.8 Å². The minimum atomic E-state index is -1.25. The number of aliphatic hydroxyl groups is 1. The average Bonchev–Trinajstić information content (AvgIpc) is 3.55. The molecule has 10 nitrogen and oxygen atoms in total. The molecule has 4 aromatic carbocycles. The summed E-state index contributed by atoms with van der Waals surface area (Å²) >= 11 is 37.9. The van der Waals surface area contributed by atoms with E-state index < -0.39 is 23.9 Å². The molecule has 4 N–H and O–H groups in total. The Morgan fingerprint density at radius 2 is 1.35 bits per heavy atom. The number of amides is 2. The average molecular weight is 803 g/mol. The molecule has 51 heavy (non-hydrogen) atoms. The zero-order valence-electron chi connectivity index (χ0n) is 25.7. The summed E-state index contributed by atoms with van der Waals surface area (Å²) in [5, 5.41) is 38.5. The van der Waals surface area contributed by atoms with E-state index in [0.29, 0.717) is 11.1 Å². The van der Waals surface area contributed by atoms with Crippen molar-refractivity contribution < 1.29 is 19.8 Å². The first-order valence-corrected chi connectivity index (χ1v) is 17.0. The van der Waals surface area contributed by atoms with Gasteiger partial charge in [-0.1, -0.05) is 124 Å². The normalized spacial score (nSPS) is 14.3. The molecule has 16 heteroatoms. The van der Waals surface area contributed by atoms with E-state index in [1.54, 1.807) is 60.7 Å². The summed E-state index contributed by atoms with van der Waals surface area (Å²) in [7, 11) is 0. The van der Waals surface area contributed by atoms with Crippen LogP contribution in [0.2, 0.25) is 30.1 Å². The van der Waals surface area contributed by atoms with Crippen LogP contribution in [0.5, 0.6) is 5.88 Å². The molecule has 1 atom stereocenters. The second kappa shape index (κ2) is 15.4. The number of hydrogen-bond acceptors (Lipinski definition) is 7. The summed E-state index contributed by atoms with van der Waals surface area (Å²) in [4.78, 5) is 27.0. The van der Waals surface area contributed by atoms with Crippen molar-refractivity contribution >= 4 is 105 Å². The third-order valence-corrected chi connectivity index (χ3v) is 8.93. The summed E-state index contributed by atoms with van der Waals surface area (Å²) in [6, 6.07) is 22.7. The Bertz CT molecular complexity index is 2210. The van der Waals surface area contributed by atoms with Gasteiger partial charge in [0.15, 0.2) is 17.9 Å². The second-order valence-corrected chi connectivity index (χ2v) is 13.2. The van der Waals surface area contributed by atoms with Crippen LogP contribution in [0.15, 0.2) is 108 Å². The topological polar surface area (TPSA) is 132 Å². The molecule has 2 heterocycles. The highest BCUT2D eigenvalue weighted by Crippen LogP contribution is 2.40. The van der Waals surface area contributed by atoms with Gasteiger partial charge in [-0.2, -0.15) is 9.69 Å². The molecule has 0 fully saturated rings. The van der Waals surface area contributed by atoms with Gasteiger partial charge in [0.2, 0.25) is 5.88 Å². The molecule has 0 bridgehead atoms. The zero-order chi connectivity index (χ0) is 36.4. The molecule has 1 aliphatic heterocycles. The number of nitrogens with zero attached hydrogens (tertiary/aromatic N) is 4. The molecule has 1 aromatic heterocycles. The van der Waals surface area contributed by atoms with Gasteiger partial charge in [-0.15, -0.1) is 10.2 Å². The molecule has 0 aliphatic carbocycles. The number of hydrazone groups is 1. The number of amidine groups is 1. The van der Waals surface area contributed by atoms with Crippen LogP contribution in [0.3, 0.4) is 0 Å². The maximum atomic E-state index is 13.9. The first-order chi connectivity index (χ1) is 24.4. The van der Waals surface area contributed by atoms with E-state index >= 15 is 0 Å². The van der Waals surface area contributed by atoms with Gasteiger partial charge in [0.05, 0.1) is 31.2 Å². The first kappa shape index (κ1) is 36.3. The van der Waals surface area contributed by atoms with Crippen molar-refractivity contribution in [2.75, 3.05) is 10.3 Å². The van der Waals surface area contributed by atoms with E-state index in [-0.39, 0.29) is 64.3 Å². The van der Waals surface area contributed by atoms with Gasteiger partial charge in [-0.25, -0.2) is 0 Å². The van der Waals surface area contributed by atoms with E-state index in [1.165, 1.54) is 42.5 Å². The number of halogens is 6. The molecular weight excluding hydrogens is 781 g/mol. The minimum absolute atomic E-state index is 0.0194.